The van der Waals surface area contributed by atoms with Crippen molar-refractivity contribution in [1.82, 2.24) is 19.9 Å². The zero-order chi connectivity index (χ0) is 26.4. The molecule has 1 aliphatic heterocycles. The molecule has 11 heteroatoms. The smallest absolute Gasteiger partial charge is 0.262 e. The van der Waals surface area contributed by atoms with E-state index >= 15 is 0 Å². The largest absolute Gasteiger partial charge is 0.390 e. The van der Waals surface area contributed by atoms with Crippen molar-refractivity contribution in [3.8, 4) is 11.1 Å². The predicted octanol–water partition coefficient (Wildman–Crippen LogP) is 4.63. The summed E-state index contributed by atoms with van der Waals surface area (Å²) in [5.74, 6) is -2.34. The number of fused-ring (bicyclic) bond motifs is 1. The number of nitrogens with zero attached hydrogens (tertiary/aromatic N) is 4. The third-order valence-corrected chi connectivity index (χ3v) is 8.96. The van der Waals surface area contributed by atoms with Crippen LogP contribution >= 0.6 is 11.3 Å². The van der Waals surface area contributed by atoms with Crippen LogP contribution in [0.2, 0.25) is 0 Å². The molecule has 2 N–H and O–H groups in total. The van der Waals surface area contributed by atoms with Crippen LogP contribution in [0.15, 0.2) is 30.6 Å². The number of hydrogen-bond acceptors (Lipinski definition) is 8. The van der Waals surface area contributed by atoms with Gasteiger partial charge in [0.2, 0.25) is 5.91 Å². The maximum absolute atomic E-state index is 13.7. The Bertz CT molecular complexity index is 1310. The third kappa shape index (κ3) is 5.29. The molecule has 0 spiro atoms. The molecule has 1 aromatic carbocycles. The fraction of sp³-hybridized carbons (Fsp3) is 0.556. The van der Waals surface area contributed by atoms with Gasteiger partial charge in [-0.15, -0.1) is 0 Å². The van der Waals surface area contributed by atoms with E-state index in [-0.39, 0.29) is 49.6 Å². The number of alkyl halides is 2. The highest BCUT2D eigenvalue weighted by Gasteiger charge is 2.49. The van der Waals surface area contributed by atoms with Gasteiger partial charge in [0.1, 0.15) is 6.61 Å². The van der Waals surface area contributed by atoms with E-state index in [4.69, 9.17) is 4.74 Å². The van der Waals surface area contributed by atoms with Crippen LogP contribution in [-0.2, 0) is 16.1 Å². The summed E-state index contributed by atoms with van der Waals surface area (Å²) in [6, 6.07) is 5.74. The van der Waals surface area contributed by atoms with E-state index in [0.717, 1.165) is 40.6 Å². The molecule has 202 valence electrons. The molecule has 2 aromatic heterocycles. The zero-order valence-electron chi connectivity index (χ0n) is 21.1. The van der Waals surface area contributed by atoms with Gasteiger partial charge in [-0.3, -0.25) is 9.69 Å². The number of carbonyl (C=O) groups is 1. The summed E-state index contributed by atoms with van der Waals surface area (Å²) in [5, 5.41) is 13.4. The number of nitrogens with one attached hydrogen (secondary N) is 1. The summed E-state index contributed by atoms with van der Waals surface area (Å²) in [7, 11) is 0. The number of ether oxygens (including phenoxy) is 1. The number of anilines is 1. The first-order chi connectivity index (χ1) is 18.2. The third-order valence-electron chi connectivity index (χ3n) is 8.03. The van der Waals surface area contributed by atoms with E-state index in [1.54, 1.807) is 12.4 Å². The summed E-state index contributed by atoms with van der Waals surface area (Å²) >= 11 is 1.40. The summed E-state index contributed by atoms with van der Waals surface area (Å²) in [5.41, 5.74) is 2.59. The lowest BCUT2D eigenvalue weighted by molar-refractivity contribution is -0.124. The number of thiazole rings is 1. The van der Waals surface area contributed by atoms with Crippen LogP contribution in [0.4, 0.5) is 13.9 Å². The molecule has 0 bridgehead atoms. The second-order valence-electron chi connectivity index (χ2n) is 10.8. The number of aromatic nitrogens is 3. The predicted molar refractivity (Wildman–Crippen MR) is 140 cm³/mol. The number of likely N-dealkylation sites (tertiary alicyclic amines) is 1. The van der Waals surface area contributed by atoms with E-state index in [1.807, 2.05) is 30.0 Å². The minimum Gasteiger partial charge on any atom is -0.390 e. The van der Waals surface area contributed by atoms with Crippen LogP contribution < -0.4 is 5.32 Å². The van der Waals surface area contributed by atoms with Crippen molar-refractivity contribution in [2.45, 2.75) is 82.3 Å². The minimum absolute atomic E-state index is 0.0431. The number of hydrogen-bond donors (Lipinski definition) is 2. The Morgan fingerprint density at radius 3 is 2.71 bits per heavy atom. The van der Waals surface area contributed by atoms with Crippen molar-refractivity contribution in [3.63, 3.8) is 0 Å². The average molecular weight is 544 g/mol. The number of rotatable bonds is 7. The summed E-state index contributed by atoms with van der Waals surface area (Å²) < 4.78 is 34.1. The molecular formula is C27H31F2N5O3S. The molecule has 3 atom stereocenters. The molecule has 6 rings (SSSR count). The van der Waals surface area contributed by atoms with Gasteiger partial charge >= 0.3 is 0 Å². The molecule has 38 heavy (non-hydrogen) atoms. The van der Waals surface area contributed by atoms with Gasteiger partial charge in [0.15, 0.2) is 11.0 Å². The molecule has 1 unspecified atom stereocenters. The topological polar surface area (TPSA) is 100 Å². The van der Waals surface area contributed by atoms with Crippen molar-refractivity contribution in [2.75, 3.05) is 11.9 Å². The Morgan fingerprint density at radius 1 is 1.24 bits per heavy atom. The first-order valence-electron chi connectivity index (χ1n) is 13.2. The number of halogens is 2. The van der Waals surface area contributed by atoms with E-state index in [0.29, 0.717) is 23.8 Å². The molecular weight excluding hydrogens is 512 g/mol. The fourth-order valence-electron chi connectivity index (χ4n) is 5.82. The molecule has 2 saturated carbocycles. The van der Waals surface area contributed by atoms with Gasteiger partial charge in [0, 0.05) is 42.4 Å². The van der Waals surface area contributed by atoms with Gasteiger partial charge in [0.25, 0.3) is 5.92 Å². The van der Waals surface area contributed by atoms with Gasteiger partial charge in [-0.2, -0.15) is 0 Å². The van der Waals surface area contributed by atoms with E-state index in [1.165, 1.54) is 11.3 Å². The van der Waals surface area contributed by atoms with Crippen LogP contribution in [0.3, 0.4) is 0 Å². The van der Waals surface area contributed by atoms with Gasteiger partial charge in [-0.1, -0.05) is 17.4 Å². The van der Waals surface area contributed by atoms with Crippen molar-refractivity contribution >= 4 is 32.6 Å². The molecule has 2 aliphatic carbocycles. The zero-order valence-corrected chi connectivity index (χ0v) is 22.0. The number of aliphatic hydroxyl groups is 1. The highest BCUT2D eigenvalue weighted by atomic mass is 32.1. The molecule has 8 nitrogen and oxygen atoms in total. The van der Waals surface area contributed by atoms with Gasteiger partial charge in [-0.25, -0.2) is 23.7 Å². The lowest BCUT2D eigenvalue weighted by Gasteiger charge is -2.42. The Balaban J connectivity index is 1.05. The van der Waals surface area contributed by atoms with Crippen LogP contribution in [0.1, 0.15) is 51.3 Å². The van der Waals surface area contributed by atoms with Gasteiger partial charge in [-0.05, 0) is 56.7 Å². The Hall–Kier alpha value is -2.60. The maximum atomic E-state index is 13.7. The average Bonchev–Trinajstić information content (AvgIpc) is 3.52. The first kappa shape index (κ1) is 25.7. The second kappa shape index (κ2) is 10.2. The number of benzene rings is 1. The highest BCUT2D eigenvalue weighted by molar-refractivity contribution is 7.22. The SMILES string of the molecule is CC1CC(F)(F)CN1C1CC(C(=O)Nc2nc3ccc(-c4cnc(CO[C@H]5CCC[C@@H]5O)nc4)cc3s2)C1. The Morgan fingerprint density at radius 2 is 2.03 bits per heavy atom. The number of carbonyl (C=O) groups excluding carboxylic acids is 1. The van der Waals surface area contributed by atoms with Gasteiger partial charge in [0.05, 0.1) is 29.0 Å². The number of aliphatic hydroxyl groups excluding tert-OH is 1. The standard InChI is InChI=1S/C27H31F2N5O3S/c1-15-10-27(28,29)14-34(15)19-7-17(8-19)25(36)33-26-32-20-6-5-16(9-23(20)38-26)18-11-30-24(31-12-18)13-37-22-4-2-3-21(22)35/h5-6,9,11-12,15,17,19,21-22,35H,2-4,7-8,10,13-14H2,1H3,(H,32,33,36)/t15?,17?,19?,21-,22-/m0/s1. The molecule has 3 heterocycles. The lowest BCUT2D eigenvalue weighted by atomic mass is 9.78. The molecule has 0 radical (unpaired) electrons. The van der Waals surface area contributed by atoms with Crippen LogP contribution in [0.5, 0.6) is 0 Å². The minimum atomic E-state index is -2.63. The fourth-order valence-corrected chi connectivity index (χ4v) is 6.73. The monoisotopic (exact) mass is 543 g/mol. The summed E-state index contributed by atoms with van der Waals surface area (Å²) in [4.78, 5) is 28.0. The van der Waals surface area contributed by atoms with Crippen molar-refractivity contribution < 1.29 is 23.4 Å². The normalized spacial score (nSPS) is 29.0. The van der Waals surface area contributed by atoms with E-state index in [9.17, 15) is 18.7 Å². The molecule has 3 aromatic rings. The van der Waals surface area contributed by atoms with Crippen LogP contribution in [0, 0.1) is 5.92 Å². The van der Waals surface area contributed by atoms with E-state index < -0.39 is 12.0 Å². The van der Waals surface area contributed by atoms with Crippen molar-refractivity contribution in [2.24, 2.45) is 5.92 Å². The van der Waals surface area contributed by atoms with Crippen LogP contribution in [-0.4, -0.2) is 67.6 Å². The molecule has 1 amide bonds. The highest BCUT2D eigenvalue weighted by Crippen LogP contribution is 2.41. The van der Waals surface area contributed by atoms with Crippen molar-refractivity contribution in [3.05, 3.63) is 36.4 Å². The van der Waals surface area contributed by atoms with E-state index in [2.05, 4.69) is 20.3 Å². The maximum Gasteiger partial charge on any atom is 0.262 e. The second-order valence-corrected chi connectivity index (χ2v) is 11.9. The number of amides is 1. The summed E-state index contributed by atoms with van der Waals surface area (Å²) in [6.07, 6.45) is 6.66. The molecule has 1 saturated heterocycles. The first-order valence-corrected chi connectivity index (χ1v) is 14.0. The van der Waals surface area contributed by atoms with Gasteiger partial charge < -0.3 is 15.2 Å². The summed E-state index contributed by atoms with van der Waals surface area (Å²) in [6.45, 7) is 1.89. The van der Waals surface area contributed by atoms with Crippen LogP contribution in [0.25, 0.3) is 21.3 Å². The Kier molecular flexibility index (Phi) is 6.88. The Labute approximate surface area is 223 Å². The molecule has 3 aliphatic rings. The van der Waals surface area contributed by atoms with Crippen molar-refractivity contribution in [1.29, 1.82) is 0 Å². The lowest BCUT2D eigenvalue weighted by Crippen LogP contribution is -2.49. The molecule has 3 fully saturated rings. The quantitative estimate of drug-likeness (QED) is 0.448.